The van der Waals surface area contributed by atoms with Gasteiger partial charge in [-0.1, -0.05) is 60.2 Å². The largest absolute Gasteiger partial charge is 0.345 e. The van der Waals surface area contributed by atoms with Crippen LogP contribution in [0.1, 0.15) is 27.3 Å². The number of carbonyl (C=O) groups excluding carboxylic acids is 1. The average Bonchev–Trinajstić information content (AvgIpc) is 3.08. The van der Waals surface area contributed by atoms with Gasteiger partial charge in [0.15, 0.2) is 0 Å². The summed E-state index contributed by atoms with van der Waals surface area (Å²) < 4.78 is 2.21. The number of hydrogen-bond acceptors (Lipinski definition) is 2. The quantitative estimate of drug-likeness (QED) is 0.543. The Labute approximate surface area is 164 Å². The van der Waals surface area contributed by atoms with E-state index < -0.39 is 0 Å². The van der Waals surface area contributed by atoms with Crippen molar-refractivity contribution in [2.45, 2.75) is 26.4 Å². The van der Waals surface area contributed by atoms with Gasteiger partial charge in [-0.05, 0) is 43.2 Å². The van der Waals surface area contributed by atoms with E-state index in [0.29, 0.717) is 12.1 Å². The number of hydrogen-bond donors (Lipinski definition) is 1. The number of aromatic nitrogens is 2. The summed E-state index contributed by atoms with van der Waals surface area (Å²) in [4.78, 5) is 17.3. The number of amides is 1. The second kappa shape index (κ2) is 8.09. The highest BCUT2D eigenvalue weighted by atomic mass is 16.1. The molecule has 0 atom stereocenters. The fourth-order valence-corrected chi connectivity index (χ4v) is 3.44. The Hall–Kier alpha value is -3.40. The van der Waals surface area contributed by atoms with Crippen LogP contribution < -0.4 is 5.32 Å². The van der Waals surface area contributed by atoms with Crippen LogP contribution in [0.15, 0.2) is 78.9 Å². The molecule has 3 aromatic carbocycles. The lowest BCUT2D eigenvalue weighted by molar-refractivity contribution is 0.0949. The van der Waals surface area contributed by atoms with Crippen molar-refractivity contribution in [3.05, 3.63) is 101 Å². The Bertz CT molecular complexity index is 1100. The van der Waals surface area contributed by atoms with Gasteiger partial charge in [0.05, 0.1) is 17.6 Å². The van der Waals surface area contributed by atoms with Gasteiger partial charge in [-0.2, -0.15) is 0 Å². The Morgan fingerprint density at radius 3 is 2.57 bits per heavy atom. The minimum Gasteiger partial charge on any atom is -0.345 e. The predicted molar refractivity (Wildman–Crippen MR) is 112 cm³/mol. The third-order valence-electron chi connectivity index (χ3n) is 4.89. The van der Waals surface area contributed by atoms with Crippen molar-refractivity contribution < 1.29 is 4.79 Å². The molecule has 1 amide bonds. The smallest absolute Gasteiger partial charge is 0.251 e. The van der Waals surface area contributed by atoms with E-state index in [9.17, 15) is 4.79 Å². The van der Waals surface area contributed by atoms with Crippen molar-refractivity contribution >= 4 is 16.9 Å². The number of carbonyl (C=O) groups is 1. The monoisotopic (exact) mass is 369 g/mol. The molecule has 0 saturated heterocycles. The second-order valence-electron chi connectivity index (χ2n) is 6.96. The van der Waals surface area contributed by atoms with Gasteiger partial charge in [-0.25, -0.2) is 4.98 Å². The van der Waals surface area contributed by atoms with E-state index >= 15 is 0 Å². The highest BCUT2D eigenvalue weighted by Gasteiger charge is 2.12. The van der Waals surface area contributed by atoms with Crippen LogP contribution in [0.2, 0.25) is 0 Å². The fraction of sp³-hybridized carbons (Fsp3) is 0.167. The molecular formula is C24H23N3O. The maximum absolute atomic E-state index is 12.5. The van der Waals surface area contributed by atoms with E-state index in [1.807, 2.05) is 55.5 Å². The molecule has 28 heavy (non-hydrogen) atoms. The molecule has 0 aliphatic rings. The summed E-state index contributed by atoms with van der Waals surface area (Å²) in [5.74, 6) is 0.795. The summed E-state index contributed by atoms with van der Waals surface area (Å²) in [6.45, 7) is 3.20. The highest BCUT2D eigenvalue weighted by molar-refractivity contribution is 5.94. The number of para-hydroxylation sites is 2. The van der Waals surface area contributed by atoms with Crippen LogP contribution in [0.25, 0.3) is 11.0 Å². The molecule has 0 aliphatic heterocycles. The summed E-state index contributed by atoms with van der Waals surface area (Å²) in [7, 11) is 0. The van der Waals surface area contributed by atoms with Crippen LogP contribution in [0.3, 0.4) is 0 Å². The van der Waals surface area contributed by atoms with E-state index in [1.165, 1.54) is 5.56 Å². The van der Waals surface area contributed by atoms with E-state index in [1.54, 1.807) is 0 Å². The first kappa shape index (κ1) is 18.0. The molecule has 1 heterocycles. The van der Waals surface area contributed by atoms with Gasteiger partial charge in [-0.3, -0.25) is 4.79 Å². The standard InChI is InChI=1S/C24H23N3O/c1-18-8-7-11-20(16-18)24(28)25-17-23-26-21-12-5-6-13-22(21)27(23)15-14-19-9-3-2-4-10-19/h2-13,16H,14-15,17H2,1H3,(H,25,28). The van der Waals surface area contributed by atoms with Gasteiger partial charge in [0.25, 0.3) is 5.91 Å². The molecule has 4 aromatic rings. The number of benzene rings is 3. The molecule has 0 fully saturated rings. The van der Waals surface area contributed by atoms with E-state index in [-0.39, 0.29) is 5.91 Å². The third kappa shape index (κ3) is 3.96. The molecule has 0 bridgehead atoms. The molecule has 0 unspecified atom stereocenters. The predicted octanol–water partition coefficient (Wildman–Crippen LogP) is 4.52. The summed E-state index contributed by atoms with van der Waals surface area (Å²) >= 11 is 0. The van der Waals surface area contributed by atoms with Crippen molar-refractivity contribution in [3.63, 3.8) is 0 Å². The zero-order valence-electron chi connectivity index (χ0n) is 15.9. The number of fused-ring (bicyclic) bond motifs is 1. The number of rotatable bonds is 6. The van der Waals surface area contributed by atoms with Crippen molar-refractivity contribution in [3.8, 4) is 0 Å². The first-order chi connectivity index (χ1) is 13.7. The average molecular weight is 369 g/mol. The SMILES string of the molecule is Cc1cccc(C(=O)NCc2nc3ccccc3n2CCc2ccccc2)c1. The van der Waals surface area contributed by atoms with Gasteiger partial charge in [0, 0.05) is 12.1 Å². The van der Waals surface area contributed by atoms with E-state index in [4.69, 9.17) is 4.98 Å². The zero-order valence-corrected chi connectivity index (χ0v) is 15.9. The third-order valence-corrected chi connectivity index (χ3v) is 4.89. The minimum absolute atomic E-state index is 0.0784. The molecule has 1 aromatic heterocycles. The molecule has 0 radical (unpaired) electrons. The number of nitrogens with one attached hydrogen (secondary N) is 1. The van der Waals surface area contributed by atoms with E-state index in [0.717, 1.165) is 35.4 Å². The Balaban J connectivity index is 1.55. The molecule has 4 heteroatoms. The van der Waals surface area contributed by atoms with Crippen molar-refractivity contribution in [2.24, 2.45) is 0 Å². The number of nitrogens with zero attached hydrogens (tertiary/aromatic N) is 2. The first-order valence-electron chi connectivity index (χ1n) is 9.53. The van der Waals surface area contributed by atoms with Gasteiger partial charge in [-0.15, -0.1) is 0 Å². The molecule has 4 nitrogen and oxygen atoms in total. The van der Waals surface area contributed by atoms with E-state index in [2.05, 4.69) is 40.2 Å². The van der Waals surface area contributed by atoms with Crippen LogP contribution in [-0.2, 0) is 19.5 Å². The lowest BCUT2D eigenvalue weighted by atomic mass is 10.1. The summed E-state index contributed by atoms with van der Waals surface area (Å²) in [5, 5.41) is 3.02. The van der Waals surface area contributed by atoms with Crippen LogP contribution in [0, 0.1) is 6.92 Å². The second-order valence-corrected chi connectivity index (χ2v) is 6.96. The van der Waals surface area contributed by atoms with Crippen LogP contribution in [0.5, 0.6) is 0 Å². The summed E-state index contributed by atoms with van der Waals surface area (Å²) in [5.41, 5.74) is 5.08. The summed E-state index contributed by atoms with van der Waals surface area (Å²) in [6.07, 6.45) is 0.917. The maximum Gasteiger partial charge on any atom is 0.251 e. The molecule has 140 valence electrons. The van der Waals surface area contributed by atoms with Crippen LogP contribution in [-0.4, -0.2) is 15.5 Å². The fourth-order valence-electron chi connectivity index (χ4n) is 3.44. The van der Waals surface area contributed by atoms with Gasteiger partial charge in [0.1, 0.15) is 5.82 Å². The number of imidazole rings is 1. The van der Waals surface area contributed by atoms with Crippen LogP contribution >= 0.6 is 0 Å². The van der Waals surface area contributed by atoms with Gasteiger partial charge in [0.2, 0.25) is 0 Å². The maximum atomic E-state index is 12.5. The molecule has 1 N–H and O–H groups in total. The lowest BCUT2D eigenvalue weighted by Crippen LogP contribution is -2.25. The molecule has 4 rings (SSSR count). The lowest BCUT2D eigenvalue weighted by Gasteiger charge is -2.11. The van der Waals surface area contributed by atoms with Crippen LogP contribution in [0.4, 0.5) is 0 Å². The molecular weight excluding hydrogens is 346 g/mol. The normalized spacial score (nSPS) is 10.9. The minimum atomic E-state index is -0.0784. The van der Waals surface area contributed by atoms with Crippen molar-refractivity contribution in [2.75, 3.05) is 0 Å². The Kier molecular flexibility index (Phi) is 5.20. The Morgan fingerprint density at radius 1 is 0.964 bits per heavy atom. The zero-order chi connectivity index (χ0) is 19.3. The van der Waals surface area contributed by atoms with Gasteiger partial charge < -0.3 is 9.88 Å². The Morgan fingerprint density at radius 2 is 1.75 bits per heavy atom. The van der Waals surface area contributed by atoms with Gasteiger partial charge >= 0.3 is 0 Å². The van der Waals surface area contributed by atoms with Crippen molar-refractivity contribution in [1.29, 1.82) is 0 Å². The topological polar surface area (TPSA) is 46.9 Å². The number of aryl methyl sites for hydroxylation is 3. The first-order valence-corrected chi connectivity index (χ1v) is 9.53. The molecule has 0 saturated carbocycles. The molecule has 0 spiro atoms. The summed E-state index contributed by atoms with van der Waals surface area (Å²) in [6, 6.07) is 26.2. The molecule has 0 aliphatic carbocycles. The highest BCUT2D eigenvalue weighted by Crippen LogP contribution is 2.17. The van der Waals surface area contributed by atoms with Crippen molar-refractivity contribution in [1.82, 2.24) is 14.9 Å².